The number of rotatable bonds is 4. The summed E-state index contributed by atoms with van der Waals surface area (Å²) in [5, 5.41) is 8.30. The summed E-state index contributed by atoms with van der Waals surface area (Å²) in [5.41, 5.74) is -0.918. The molecular weight excluding hydrogens is 237 g/mol. The second kappa shape index (κ2) is 4.65. The smallest absolute Gasteiger partial charge is 0.379 e. The summed E-state index contributed by atoms with van der Waals surface area (Å²) >= 11 is 0. The fourth-order valence-electron chi connectivity index (χ4n) is 1.17. The normalized spacial score (nSPS) is 11.6. The first-order valence-electron chi connectivity index (χ1n) is 4.83. The molecule has 0 saturated heterocycles. The van der Waals surface area contributed by atoms with Crippen molar-refractivity contribution in [2.45, 2.75) is 25.9 Å². The van der Waals surface area contributed by atoms with E-state index < -0.39 is 23.3 Å². The van der Waals surface area contributed by atoms with Crippen LogP contribution in [-0.2, 0) is 10.7 Å². The Balaban J connectivity index is 3.08. The highest BCUT2D eigenvalue weighted by atomic mass is 19.3. The second-order valence-electron chi connectivity index (χ2n) is 3.69. The molecule has 0 aliphatic rings. The number of halogens is 3. The van der Waals surface area contributed by atoms with Crippen LogP contribution in [-0.4, -0.2) is 17.2 Å². The molecule has 17 heavy (non-hydrogen) atoms. The quantitative estimate of drug-likeness (QED) is 0.891. The van der Waals surface area contributed by atoms with Crippen LogP contribution in [0, 0.1) is 5.82 Å². The van der Waals surface area contributed by atoms with E-state index in [-0.39, 0.29) is 11.9 Å². The van der Waals surface area contributed by atoms with Crippen LogP contribution < -0.4 is 4.74 Å². The largest absolute Gasteiger partial charge is 0.488 e. The van der Waals surface area contributed by atoms with Crippen molar-refractivity contribution in [1.82, 2.24) is 0 Å². The van der Waals surface area contributed by atoms with Crippen LogP contribution in [0.15, 0.2) is 18.2 Å². The molecule has 0 unspecified atom stereocenters. The molecule has 0 atom stereocenters. The lowest BCUT2D eigenvalue weighted by atomic mass is 10.1. The second-order valence-corrected chi connectivity index (χ2v) is 3.69. The van der Waals surface area contributed by atoms with E-state index in [4.69, 9.17) is 9.84 Å². The highest BCUT2D eigenvalue weighted by Crippen LogP contribution is 2.31. The third kappa shape index (κ3) is 2.89. The molecule has 1 N–H and O–H groups in total. The highest BCUT2D eigenvalue weighted by molar-refractivity contribution is 5.77. The molecule has 94 valence electrons. The van der Waals surface area contributed by atoms with Crippen LogP contribution in [0.2, 0.25) is 0 Å². The van der Waals surface area contributed by atoms with E-state index in [1.165, 1.54) is 0 Å². The fourth-order valence-corrected chi connectivity index (χ4v) is 1.17. The van der Waals surface area contributed by atoms with Gasteiger partial charge in [-0.25, -0.2) is 9.18 Å². The van der Waals surface area contributed by atoms with Gasteiger partial charge in [-0.2, -0.15) is 8.78 Å². The van der Waals surface area contributed by atoms with Crippen molar-refractivity contribution in [3.05, 3.63) is 29.6 Å². The molecule has 1 rings (SSSR count). The number of carboxylic acids is 1. The van der Waals surface area contributed by atoms with Crippen LogP contribution in [0.5, 0.6) is 5.75 Å². The third-order valence-electron chi connectivity index (χ3n) is 1.93. The van der Waals surface area contributed by atoms with E-state index in [1.54, 1.807) is 13.8 Å². The molecule has 0 bridgehead atoms. The van der Waals surface area contributed by atoms with E-state index in [0.717, 1.165) is 12.1 Å². The molecule has 1 aromatic rings. The first-order chi connectivity index (χ1) is 7.75. The Kier molecular flexibility index (Phi) is 3.65. The van der Waals surface area contributed by atoms with Gasteiger partial charge in [0.25, 0.3) is 0 Å². The highest BCUT2D eigenvalue weighted by Gasteiger charge is 2.41. The molecule has 0 aliphatic carbocycles. The number of aliphatic carboxylic acids is 1. The summed E-state index contributed by atoms with van der Waals surface area (Å²) in [6, 6.07) is 2.28. The number of hydrogen-bond acceptors (Lipinski definition) is 2. The zero-order valence-corrected chi connectivity index (χ0v) is 9.21. The van der Waals surface area contributed by atoms with Crippen LogP contribution >= 0.6 is 0 Å². The predicted molar refractivity (Wildman–Crippen MR) is 53.7 cm³/mol. The minimum atomic E-state index is -4.11. The number of carboxylic acid groups (broad SMARTS) is 1. The molecular formula is C11H11F3O3. The van der Waals surface area contributed by atoms with E-state index in [1.807, 2.05) is 0 Å². The van der Waals surface area contributed by atoms with Crippen LogP contribution in [0.25, 0.3) is 0 Å². The molecule has 6 heteroatoms. The Labute approximate surface area is 95.8 Å². The van der Waals surface area contributed by atoms with Gasteiger partial charge < -0.3 is 9.84 Å². The van der Waals surface area contributed by atoms with Gasteiger partial charge in [0.15, 0.2) is 11.6 Å². The lowest BCUT2D eigenvalue weighted by Crippen LogP contribution is -2.25. The summed E-state index contributed by atoms with van der Waals surface area (Å²) in [5.74, 6) is -7.64. The average Bonchev–Trinajstić information content (AvgIpc) is 2.20. The maximum Gasteiger partial charge on any atom is 0.379 e. The van der Waals surface area contributed by atoms with Crippen LogP contribution in [0.1, 0.15) is 19.4 Å². The summed E-state index contributed by atoms with van der Waals surface area (Å²) in [6.07, 6.45) is -0.310. The monoisotopic (exact) mass is 248 g/mol. The molecule has 0 aromatic heterocycles. The van der Waals surface area contributed by atoms with Crippen LogP contribution in [0.3, 0.4) is 0 Å². The third-order valence-corrected chi connectivity index (χ3v) is 1.93. The molecule has 0 saturated carbocycles. The van der Waals surface area contributed by atoms with Crippen molar-refractivity contribution in [1.29, 1.82) is 0 Å². The summed E-state index contributed by atoms with van der Waals surface area (Å²) in [7, 11) is 0. The van der Waals surface area contributed by atoms with Gasteiger partial charge in [-0.15, -0.1) is 0 Å². The van der Waals surface area contributed by atoms with Gasteiger partial charge in [-0.05, 0) is 32.0 Å². The first-order valence-corrected chi connectivity index (χ1v) is 4.83. The Bertz CT molecular complexity index is 430. The Morgan fingerprint density at radius 2 is 2.00 bits per heavy atom. The SMILES string of the molecule is CC(C)Oc1ccc(C(F)(F)C(=O)O)cc1F. The number of alkyl halides is 2. The van der Waals surface area contributed by atoms with Crippen molar-refractivity contribution in [2.75, 3.05) is 0 Å². The standard InChI is InChI=1S/C11H11F3O3/c1-6(2)17-9-4-3-7(5-8(9)12)11(13,14)10(15)16/h3-6H,1-2H3,(H,15,16). The molecule has 0 spiro atoms. The molecule has 0 heterocycles. The minimum absolute atomic E-state index is 0.190. The van der Waals surface area contributed by atoms with Gasteiger partial charge >= 0.3 is 11.9 Å². The molecule has 3 nitrogen and oxygen atoms in total. The van der Waals surface area contributed by atoms with Crippen molar-refractivity contribution >= 4 is 5.97 Å². The number of benzene rings is 1. The Morgan fingerprint density at radius 3 is 2.41 bits per heavy atom. The van der Waals surface area contributed by atoms with Gasteiger partial charge in [0.1, 0.15) is 0 Å². The lowest BCUT2D eigenvalue weighted by Gasteiger charge is -2.14. The minimum Gasteiger partial charge on any atom is -0.488 e. The van der Waals surface area contributed by atoms with E-state index in [2.05, 4.69) is 0 Å². The van der Waals surface area contributed by atoms with Gasteiger partial charge in [0.05, 0.1) is 6.10 Å². The molecule has 0 radical (unpaired) electrons. The molecule has 1 aromatic carbocycles. The van der Waals surface area contributed by atoms with Crippen molar-refractivity contribution < 1.29 is 27.8 Å². The van der Waals surface area contributed by atoms with E-state index >= 15 is 0 Å². The first kappa shape index (κ1) is 13.3. The van der Waals surface area contributed by atoms with Crippen molar-refractivity contribution in [3.63, 3.8) is 0 Å². The number of carbonyl (C=O) groups is 1. The molecule has 0 fully saturated rings. The van der Waals surface area contributed by atoms with Gasteiger partial charge in [-0.3, -0.25) is 0 Å². The van der Waals surface area contributed by atoms with Crippen molar-refractivity contribution in [2.24, 2.45) is 0 Å². The van der Waals surface area contributed by atoms with Crippen LogP contribution in [0.4, 0.5) is 13.2 Å². The summed E-state index contributed by atoms with van der Waals surface area (Å²) in [6.45, 7) is 3.30. The van der Waals surface area contributed by atoms with Gasteiger partial charge in [0, 0.05) is 5.56 Å². The Morgan fingerprint density at radius 1 is 1.41 bits per heavy atom. The zero-order valence-electron chi connectivity index (χ0n) is 9.21. The van der Waals surface area contributed by atoms with E-state index in [9.17, 15) is 18.0 Å². The number of hydrogen-bond donors (Lipinski definition) is 1. The zero-order chi connectivity index (χ0) is 13.2. The lowest BCUT2D eigenvalue weighted by molar-refractivity contribution is -0.166. The average molecular weight is 248 g/mol. The number of ether oxygens (including phenoxy) is 1. The summed E-state index contributed by atoms with van der Waals surface area (Å²) < 4.78 is 44.5. The Hall–Kier alpha value is -1.72. The summed E-state index contributed by atoms with van der Waals surface area (Å²) in [4.78, 5) is 10.3. The van der Waals surface area contributed by atoms with Gasteiger partial charge in [-0.1, -0.05) is 0 Å². The maximum atomic E-state index is 13.4. The predicted octanol–water partition coefficient (Wildman–Crippen LogP) is 2.79. The molecule has 0 aliphatic heterocycles. The topological polar surface area (TPSA) is 46.5 Å². The maximum absolute atomic E-state index is 13.4. The van der Waals surface area contributed by atoms with Crippen molar-refractivity contribution in [3.8, 4) is 5.75 Å². The van der Waals surface area contributed by atoms with Gasteiger partial charge in [0.2, 0.25) is 0 Å². The fraction of sp³-hybridized carbons (Fsp3) is 0.364. The molecule has 0 amide bonds. The van der Waals surface area contributed by atoms with E-state index in [0.29, 0.717) is 6.07 Å².